The van der Waals surface area contributed by atoms with Gasteiger partial charge in [-0.3, -0.25) is 4.79 Å². The van der Waals surface area contributed by atoms with Crippen LogP contribution in [0, 0.1) is 5.92 Å². The topological polar surface area (TPSA) is 52.6 Å². The van der Waals surface area contributed by atoms with E-state index in [-0.39, 0.29) is 18.1 Å². The minimum atomic E-state index is -0.0170. The maximum Gasteiger partial charge on any atom is 0.236 e. The highest BCUT2D eigenvalue weighted by Gasteiger charge is 2.29. The third kappa shape index (κ3) is 3.27. The Morgan fingerprint density at radius 3 is 2.50 bits per heavy atom. The van der Waals surface area contributed by atoms with Crippen molar-refractivity contribution in [2.24, 2.45) is 5.92 Å². The SMILES string of the molecule is CC(C)(C)NCC(=O)N1CC(CO)C1. The monoisotopic (exact) mass is 200 g/mol. The van der Waals surface area contributed by atoms with Gasteiger partial charge in [-0.25, -0.2) is 0 Å². The zero-order valence-electron chi connectivity index (χ0n) is 9.21. The van der Waals surface area contributed by atoms with E-state index >= 15 is 0 Å². The van der Waals surface area contributed by atoms with Gasteiger partial charge in [0.15, 0.2) is 0 Å². The fourth-order valence-corrected chi connectivity index (χ4v) is 1.34. The largest absolute Gasteiger partial charge is 0.396 e. The third-order valence-electron chi connectivity index (χ3n) is 2.34. The molecule has 82 valence electrons. The minimum absolute atomic E-state index is 0.0170. The summed E-state index contributed by atoms with van der Waals surface area (Å²) in [6.07, 6.45) is 0. The van der Waals surface area contributed by atoms with E-state index in [1.807, 2.05) is 20.8 Å². The van der Waals surface area contributed by atoms with Gasteiger partial charge in [0.25, 0.3) is 0 Å². The smallest absolute Gasteiger partial charge is 0.236 e. The first-order valence-electron chi connectivity index (χ1n) is 5.06. The van der Waals surface area contributed by atoms with Crippen molar-refractivity contribution >= 4 is 5.91 Å². The molecule has 2 N–H and O–H groups in total. The molecule has 1 saturated heterocycles. The number of carbonyl (C=O) groups excluding carboxylic acids is 1. The maximum absolute atomic E-state index is 11.5. The van der Waals surface area contributed by atoms with E-state index in [2.05, 4.69) is 5.32 Å². The molecule has 0 aliphatic carbocycles. The lowest BCUT2D eigenvalue weighted by molar-refractivity contribution is -0.137. The van der Waals surface area contributed by atoms with Gasteiger partial charge in [0.05, 0.1) is 6.54 Å². The molecule has 1 fully saturated rings. The first-order valence-corrected chi connectivity index (χ1v) is 5.06. The fourth-order valence-electron chi connectivity index (χ4n) is 1.34. The van der Waals surface area contributed by atoms with E-state index in [0.717, 1.165) is 0 Å². The van der Waals surface area contributed by atoms with Gasteiger partial charge in [-0.1, -0.05) is 0 Å². The van der Waals surface area contributed by atoms with Crippen LogP contribution in [-0.4, -0.2) is 47.7 Å². The molecule has 1 aliphatic rings. The zero-order valence-corrected chi connectivity index (χ0v) is 9.21. The number of likely N-dealkylation sites (tertiary alicyclic amines) is 1. The van der Waals surface area contributed by atoms with Crippen LogP contribution < -0.4 is 5.32 Å². The molecule has 1 amide bonds. The summed E-state index contributed by atoms with van der Waals surface area (Å²) in [4.78, 5) is 13.3. The first-order chi connectivity index (χ1) is 6.42. The van der Waals surface area contributed by atoms with Gasteiger partial charge in [-0.2, -0.15) is 0 Å². The summed E-state index contributed by atoms with van der Waals surface area (Å²) in [6, 6.07) is 0. The van der Waals surface area contributed by atoms with Gasteiger partial charge in [0, 0.05) is 31.2 Å². The Morgan fingerprint density at radius 1 is 1.50 bits per heavy atom. The number of nitrogens with zero attached hydrogens (tertiary/aromatic N) is 1. The summed E-state index contributed by atoms with van der Waals surface area (Å²) in [5.74, 6) is 0.429. The molecule has 0 radical (unpaired) electrons. The molecular formula is C10H20N2O2. The standard InChI is InChI=1S/C10H20N2O2/c1-10(2,3)11-4-9(14)12-5-8(6-12)7-13/h8,11,13H,4-7H2,1-3H3. The average molecular weight is 200 g/mol. The van der Waals surface area contributed by atoms with Gasteiger partial charge in [-0.05, 0) is 20.8 Å². The van der Waals surface area contributed by atoms with Crippen LogP contribution in [0.4, 0.5) is 0 Å². The van der Waals surface area contributed by atoms with Crippen molar-refractivity contribution in [1.29, 1.82) is 0 Å². The van der Waals surface area contributed by atoms with Crippen LogP contribution in [-0.2, 0) is 4.79 Å². The lowest BCUT2D eigenvalue weighted by Gasteiger charge is -2.38. The molecule has 0 aromatic carbocycles. The zero-order chi connectivity index (χ0) is 10.8. The van der Waals surface area contributed by atoms with Crippen LogP contribution in [0.1, 0.15) is 20.8 Å². The molecule has 0 saturated carbocycles. The summed E-state index contributed by atoms with van der Waals surface area (Å²) >= 11 is 0. The molecule has 0 bridgehead atoms. The molecule has 1 heterocycles. The Bertz CT molecular complexity index is 205. The Balaban J connectivity index is 2.18. The van der Waals surface area contributed by atoms with Gasteiger partial charge in [-0.15, -0.1) is 0 Å². The van der Waals surface area contributed by atoms with E-state index in [9.17, 15) is 4.79 Å². The van der Waals surface area contributed by atoms with Gasteiger partial charge in [0.2, 0.25) is 5.91 Å². The lowest BCUT2D eigenvalue weighted by atomic mass is 10.0. The predicted octanol–water partition coefficient (Wildman–Crippen LogP) is -0.175. The van der Waals surface area contributed by atoms with Crippen molar-refractivity contribution < 1.29 is 9.90 Å². The van der Waals surface area contributed by atoms with Crippen molar-refractivity contribution in [2.45, 2.75) is 26.3 Å². The minimum Gasteiger partial charge on any atom is -0.396 e. The van der Waals surface area contributed by atoms with Crippen LogP contribution >= 0.6 is 0 Å². The van der Waals surface area contributed by atoms with Gasteiger partial charge >= 0.3 is 0 Å². The highest BCUT2D eigenvalue weighted by atomic mass is 16.3. The van der Waals surface area contributed by atoms with Crippen LogP contribution in [0.25, 0.3) is 0 Å². The Labute approximate surface area is 85.3 Å². The fraction of sp³-hybridized carbons (Fsp3) is 0.900. The average Bonchev–Trinajstić information content (AvgIpc) is 1.97. The number of aliphatic hydroxyl groups excluding tert-OH is 1. The second kappa shape index (κ2) is 4.28. The molecule has 0 aromatic heterocycles. The van der Waals surface area contributed by atoms with Crippen molar-refractivity contribution in [3.05, 3.63) is 0 Å². The summed E-state index contributed by atoms with van der Waals surface area (Å²) in [5, 5.41) is 11.9. The molecule has 4 heteroatoms. The Kier molecular flexibility index (Phi) is 3.50. The molecule has 0 atom stereocenters. The summed E-state index contributed by atoms with van der Waals surface area (Å²) < 4.78 is 0. The molecule has 4 nitrogen and oxygen atoms in total. The van der Waals surface area contributed by atoms with Crippen molar-refractivity contribution in [3.63, 3.8) is 0 Å². The van der Waals surface area contributed by atoms with E-state index in [0.29, 0.717) is 25.6 Å². The molecule has 0 spiro atoms. The van der Waals surface area contributed by atoms with Crippen molar-refractivity contribution in [1.82, 2.24) is 10.2 Å². The van der Waals surface area contributed by atoms with Crippen molar-refractivity contribution in [2.75, 3.05) is 26.2 Å². The highest BCUT2D eigenvalue weighted by Crippen LogP contribution is 2.14. The molecule has 1 aliphatic heterocycles. The second-order valence-electron chi connectivity index (χ2n) is 4.95. The molecule has 1 rings (SSSR count). The number of amides is 1. The third-order valence-corrected chi connectivity index (χ3v) is 2.34. The molecule has 0 aromatic rings. The quantitative estimate of drug-likeness (QED) is 0.665. The van der Waals surface area contributed by atoms with Gasteiger partial charge in [0.1, 0.15) is 0 Å². The van der Waals surface area contributed by atoms with Crippen LogP contribution in [0.5, 0.6) is 0 Å². The van der Waals surface area contributed by atoms with Crippen LogP contribution in [0.2, 0.25) is 0 Å². The van der Waals surface area contributed by atoms with E-state index < -0.39 is 0 Å². The lowest BCUT2D eigenvalue weighted by Crippen LogP contribution is -2.55. The number of rotatable bonds is 3. The summed E-state index contributed by atoms with van der Waals surface area (Å²) in [5.41, 5.74) is -0.0170. The summed E-state index contributed by atoms with van der Waals surface area (Å²) in [6.45, 7) is 8.10. The Hall–Kier alpha value is -0.610. The van der Waals surface area contributed by atoms with Crippen LogP contribution in [0.3, 0.4) is 0 Å². The number of hydrogen-bond donors (Lipinski definition) is 2. The van der Waals surface area contributed by atoms with Crippen molar-refractivity contribution in [3.8, 4) is 0 Å². The highest BCUT2D eigenvalue weighted by molar-refractivity contribution is 5.79. The number of carbonyl (C=O) groups is 1. The molecule has 14 heavy (non-hydrogen) atoms. The Morgan fingerprint density at radius 2 is 2.07 bits per heavy atom. The molecular weight excluding hydrogens is 180 g/mol. The normalized spacial score (nSPS) is 18.1. The van der Waals surface area contributed by atoms with E-state index in [1.54, 1.807) is 4.90 Å². The predicted molar refractivity (Wildman–Crippen MR) is 54.9 cm³/mol. The van der Waals surface area contributed by atoms with Crippen LogP contribution in [0.15, 0.2) is 0 Å². The molecule has 0 unspecified atom stereocenters. The number of aliphatic hydroxyl groups is 1. The van der Waals surface area contributed by atoms with E-state index in [1.165, 1.54) is 0 Å². The van der Waals surface area contributed by atoms with E-state index in [4.69, 9.17) is 5.11 Å². The second-order valence-corrected chi connectivity index (χ2v) is 4.95. The maximum atomic E-state index is 11.5. The van der Waals surface area contributed by atoms with Gasteiger partial charge < -0.3 is 15.3 Å². The first kappa shape index (κ1) is 11.5. The number of nitrogens with one attached hydrogen (secondary N) is 1. The summed E-state index contributed by atoms with van der Waals surface area (Å²) in [7, 11) is 0. The number of hydrogen-bond acceptors (Lipinski definition) is 3.